The monoisotopic (exact) mass is 343 g/mol. The molecule has 0 aliphatic rings. The van der Waals surface area contributed by atoms with Gasteiger partial charge in [0.25, 0.3) is 11.6 Å². The Morgan fingerprint density at radius 1 is 1.32 bits per heavy atom. The van der Waals surface area contributed by atoms with E-state index in [4.69, 9.17) is 4.74 Å². The van der Waals surface area contributed by atoms with Crippen LogP contribution >= 0.6 is 0 Å². The van der Waals surface area contributed by atoms with Gasteiger partial charge in [-0.1, -0.05) is 17.7 Å². The topological polar surface area (TPSA) is 114 Å². The number of aromatic hydroxyl groups is 1. The Bertz CT molecular complexity index is 833. The van der Waals surface area contributed by atoms with Gasteiger partial charge in [-0.3, -0.25) is 14.9 Å². The summed E-state index contributed by atoms with van der Waals surface area (Å²) in [5.41, 5.74) is 4.05. The van der Waals surface area contributed by atoms with Gasteiger partial charge in [-0.05, 0) is 37.6 Å². The molecule has 25 heavy (non-hydrogen) atoms. The average Bonchev–Trinajstić information content (AvgIpc) is 2.54. The summed E-state index contributed by atoms with van der Waals surface area (Å²) in [5, 5.41) is 23.9. The van der Waals surface area contributed by atoms with Crippen molar-refractivity contribution in [2.24, 2.45) is 5.10 Å². The summed E-state index contributed by atoms with van der Waals surface area (Å²) in [4.78, 5) is 22.0. The van der Waals surface area contributed by atoms with Crippen molar-refractivity contribution in [1.29, 1.82) is 0 Å². The molecule has 0 fully saturated rings. The molecule has 0 bridgehead atoms. The normalized spacial score (nSPS) is 10.6. The summed E-state index contributed by atoms with van der Waals surface area (Å²) in [6.45, 7) is 3.58. The molecule has 2 N–H and O–H groups in total. The molecule has 0 unspecified atom stereocenters. The molecule has 0 spiro atoms. The Labute approximate surface area is 143 Å². The van der Waals surface area contributed by atoms with Crippen molar-refractivity contribution >= 4 is 17.8 Å². The van der Waals surface area contributed by atoms with E-state index in [1.807, 2.05) is 26.0 Å². The number of nitro benzene ring substituents is 1. The SMILES string of the molecule is Cc1ccc(OCC(=O)NN=Cc2cc(O)ccc2[N+](=O)[O-])c(C)c1. The van der Waals surface area contributed by atoms with Crippen LogP contribution in [-0.4, -0.2) is 28.8 Å². The van der Waals surface area contributed by atoms with Gasteiger partial charge in [-0.2, -0.15) is 5.10 Å². The number of carbonyl (C=O) groups excluding carboxylic acids is 1. The summed E-state index contributed by atoms with van der Waals surface area (Å²) in [5.74, 6) is -0.0658. The zero-order valence-corrected chi connectivity index (χ0v) is 13.7. The second kappa shape index (κ2) is 7.91. The third-order valence-corrected chi connectivity index (χ3v) is 3.29. The molecule has 0 saturated heterocycles. The van der Waals surface area contributed by atoms with Crippen molar-refractivity contribution in [1.82, 2.24) is 5.43 Å². The highest BCUT2D eigenvalue weighted by Crippen LogP contribution is 2.21. The Morgan fingerprint density at radius 3 is 2.76 bits per heavy atom. The van der Waals surface area contributed by atoms with Crippen molar-refractivity contribution in [2.45, 2.75) is 13.8 Å². The summed E-state index contributed by atoms with van der Waals surface area (Å²) in [6.07, 6.45) is 1.09. The van der Waals surface area contributed by atoms with Crippen LogP contribution in [0.25, 0.3) is 0 Å². The zero-order chi connectivity index (χ0) is 18.4. The highest BCUT2D eigenvalue weighted by atomic mass is 16.6. The number of amides is 1. The molecule has 130 valence electrons. The molecule has 8 heteroatoms. The molecule has 0 aliphatic heterocycles. The number of aryl methyl sites for hydroxylation is 2. The van der Waals surface area contributed by atoms with Gasteiger partial charge in [0.15, 0.2) is 6.61 Å². The number of phenolic OH excluding ortho intramolecular Hbond substituents is 1. The first-order valence-electron chi connectivity index (χ1n) is 7.36. The minimum atomic E-state index is -0.605. The van der Waals surface area contributed by atoms with Gasteiger partial charge >= 0.3 is 0 Å². The van der Waals surface area contributed by atoms with Crippen LogP contribution in [0.3, 0.4) is 0 Å². The third-order valence-electron chi connectivity index (χ3n) is 3.29. The zero-order valence-electron chi connectivity index (χ0n) is 13.7. The molecule has 0 heterocycles. The molecule has 1 amide bonds. The van der Waals surface area contributed by atoms with Crippen molar-refractivity contribution in [3.63, 3.8) is 0 Å². The van der Waals surface area contributed by atoms with Gasteiger partial charge in [0.1, 0.15) is 11.5 Å². The van der Waals surface area contributed by atoms with Crippen LogP contribution in [-0.2, 0) is 4.79 Å². The predicted molar refractivity (Wildman–Crippen MR) is 91.9 cm³/mol. The van der Waals surface area contributed by atoms with Gasteiger partial charge in [-0.25, -0.2) is 5.43 Å². The van der Waals surface area contributed by atoms with Crippen molar-refractivity contribution in [3.05, 3.63) is 63.2 Å². The molecular weight excluding hydrogens is 326 g/mol. The van der Waals surface area contributed by atoms with Crippen LogP contribution < -0.4 is 10.2 Å². The number of nitrogens with one attached hydrogen (secondary N) is 1. The third kappa shape index (κ3) is 5.03. The predicted octanol–water partition coefficient (Wildman–Crippen LogP) is 2.45. The maximum atomic E-state index is 11.7. The van der Waals surface area contributed by atoms with Crippen LogP contribution in [0.15, 0.2) is 41.5 Å². The van der Waals surface area contributed by atoms with Crippen LogP contribution in [0.5, 0.6) is 11.5 Å². The lowest BCUT2D eigenvalue weighted by Gasteiger charge is -2.08. The van der Waals surface area contributed by atoms with E-state index in [0.717, 1.165) is 23.4 Å². The standard InChI is InChI=1S/C17H17N3O5/c1-11-3-6-16(12(2)7-11)25-10-17(22)19-18-9-13-8-14(21)4-5-15(13)20(23)24/h3-9,21H,10H2,1-2H3,(H,19,22). The van der Waals surface area contributed by atoms with Gasteiger partial charge in [0.05, 0.1) is 16.7 Å². The fraction of sp³-hybridized carbons (Fsp3) is 0.176. The van der Waals surface area contributed by atoms with E-state index in [2.05, 4.69) is 10.5 Å². The van der Waals surface area contributed by atoms with Crippen molar-refractivity contribution in [3.8, 4) is 11.5 Å². The number of ether oxygens (including phenoxy) is 1. The minimum Gasteiger partial charge on any atom is -0.508 e. The number of phenols is 1. The Morgan fingerprint density at radius 2 is 2.08 bits per heavy atom. The Balaban J connectivity index is 1.95. The number of rotatable bonds is 6. The largest absolute Gasteiger partial charge is 0.508 e. The average molecular weight is 343 g/mol. The number of nitrogens with zero attached hydrogens (tertiary/aromatic N) is 2. The lowest BCUT2D eigenvalue weighted by molar-refractivity contribution is -0.385. The highest BCUT2D eigenvalue weighted by molar-refractivity contribution is 5.87. The van der Waals surface area contributed by atoms with Gasteiger partial charge in [-0.15, -0.1) is 0 Å². The number of hydrazone groups is 1. The number of hydrogen-bond acceptors (Lipinski definition) is 6. The molecule has 2 rings (SSSR count). The van der Waals surface area contributed by atoms with Crippen molar-refractivity contribution in [2.75, 3.05) is 6.61 Å². The number of nitro groups is 1. The van der Waals surface area contributed by atoms with E-state index < -0.39 is 10.8 Å². The fourth-order valence-electron chi connectivity index (χ4n) is 2.12. The maximum Gasteiger partial charge on any atom is 0.278 e. The summed E-state index contributed by atoms with van der Waals surface area (Å²) in [7, 11) is 0. The number of benzene rings is 2. The van der Waals surface area contributed by atoms with Crippen LogP contribution in [0.1, 0.15) is 16.7 Å². The van der Waals surface area contributed by atoms with Gasteiger partial charge in [0, 0.05) is 6.07 Å². The molecule has 0 radical (unpaired) electrons. The number of hydrogen-bond donors (Lipinski definition) is 2. The Kier molecular flexibility index (Phi) is 5.67. The summed E-state index contributed by atoms with van der Waals surface area (Å²) >= 11 is 0. The van der Waals surface area contributed by atoms with Gasteiger partial charge < -0.3 is 9.84 Å². The molecule has 0 aliphatic carbocycles. The Hall–Kier alpha value is -3.42. The first-order chi connectivity index (χ1) is 11.9. The van der Waals surface area contributed by atoms with Crippen LogP contribution in [0, 0.1) is 24.0 Å². The summed E-state index contributed by atoms with van der Waals surface area (Å²) in [6, 6.07) is 9.12. The first kappa shape index (κ1) is 17.9. The molecule has 0 aromatic heterocycles. The van der Waals surface area contributed by atoms with E-state index in [1.165, 1.54) is 12.1 Å². The second-order valence-corrected chi connectivity index (χ2v) is 5.35. The molecule has 2 aromatic carbocycles. The van der Waals surface area contributed by atoms with Crippen LogP contribution in [0.4, 0.5) is 5.69 Å². The molecular formula is C17H17N3O5. The van der Waals surface area contributed by atoms with E-state index in [-0.39, 0.29) is 23.6 Å². The second-order valence-electron chi connectivity index (χ2n) is 5.35. The molecule has 2 aromatic rings. The van der Waals surface area contributed by atoms with Gasteiger partial charge in [0.2, 0.25) is 0 Å². The van der Waals surface area contributed by atoms with E-state index in [1.54, 1.807) is 6.07 Å². The summed E-state index contributed by atoms with van der Waals surface area (Å²) < 4.78 is 5.40. The molecule has 0 saturated carbocycles. The highest BCUT2D eigenvalue weighted by Gasteiger charge is 2.12. The van der Waals surface area contributed by atoms with E-state index in [9.17, 15) is 20.0 Å². The smallest absolute Gasteiger partial charge is 0.278 e. The molecule has 0 atom stereocenters. The van der Waals surface area contributed by atoms with E-state index in [0.29, 0.717) is 5.75 Å². The fourth-order valence-corrected chi connectivity index (χ4v) is 2.12. The van der Waals surface area contributed by atoms with Crippen LogP contribution in [0.2, 0.25) is 0 Å². The lowest BCUT2D eigenvalue weighted by atomic mass is 10.1. The molecule has 8 nitrogen and oxygen atoms in total. The quantitative estimate of drug-likeness (QED) is 0.475. The minimum absolute atomic E-state index is 0.0700. The lowest BCUT2D eigenvalue weighted by Crippen LogP contribution is -2.24. The van der Waals surface area contributed by atoms with E-state index >= 15 is 0 Å². The first-order valence-corrected chi connectivity index (χ1v) is 7.36. The van der Waals surface area contributed by atoms with Crippen molar-refractivity contribution < 1.29 is 19.6 Å². The number of carbonyl (C=O) groups is 1. The maximum absolute atomic E-state index is 11.7.